The summed E-state index contributed by atoms with van der Waals surface area (Å²) >= 11 is 1.40. The van der Waals surface area contributed by atoms with Crippen LogP contribution in [-0.4, -0.2) is 51.4 Å². The van der Waals surface area contributed by atoms with Gasteiger partial charge in [0.05, 0.1) is 34.9 Å². The van der Waals surface area contributed by atoms with Gasteiger partial charge >= 0.3 is 0 Å². The monoisotopic (exact) mass is 474 g/mol. The third-order valence-electron chi connectivity index (χ3n) is 5.49. The number of carbonyl (C=O) groups is 1. The number of methoxy groups -OCH3 is 1. The van der Waals surface area contributed by atoms with Crippen molar-refractivity contribution in [3.8, 4) is 5.75 Å². The largest absolute Gasteiger partial charge is 0.497 e. The van der Waals surface area contributed by atoms with Gasteiger partial charge in [-0.25, -0.2) is 13.4 Å². The van der Waals surface area contributed by atoms with Crippen LogP contribution in [-0.2, 0) is 19.4 Å². The molecule has 0 spiro atoms. The summed E-state index contributed by atoms with van der Waals surface area (Å²) < 4.78 is 37.7. The van der Waals surface area contributed by atoms with Crippen molar-refractivity contribution >= 4 is 42.4 Å². The van der Waals surface area contributed by atoms with E-state index < -0.39 is 21.5 Å². The van der Waals surface area contributed by atoms with Crippen molar-refractivity contribution in [2.75, 3.05) is 30.9 Å². The van der Waals surface area contributed by atoms with Gasteiger partial charge in [-0.05, 0) is 68.1 Å². The standard InChI is InChI=1S/C23H26N2O5S2/c1-15-11-16(2)22-20(12-15)31-23(24-22)25(13-18-5-4-10-30-18)21(26)14-32(27,28)19-8-6-17(29-3)7-9-19/h6-9,11-12,18H,4-5,10,13-14H2,1-3H3. The van der Waals surface area contributed by atoms with Crippen molar-refractivity contribution in [2.24, 2.45) is 0 Å². The Morgan fingerprint density at radius 2 is 2.00 bits per heavy atom. The molecule has 2 aromatic carbocycles. The van der Waals surface area contributed by atoms with Crippen LogP contribution in [0.4, 0.5) is 5.13 Å². The Kier molecular flexibility index (Phi) is 6.50. The predicted molar refractivity (Wildman–Crippen MR) is 125 cm³/mol. The third kappa shape index (κ3) is 4.79. The molecule has 1 unspecified atom stereocenters. The molecule has 170 valence electrons. The summed E-state index contributed by atoms with van der Waals surface area (Å²) in [4.78, 5) is 19.6. The van der Waals surface area contributed by atoms with Gasteiger partial charge in [-0.1, -0.05) is 17.4 Å². The number of aromatic nitrogens is 1. The van der Waals surface area contributed by atoms with Gasteiger partial charge < -0.3 is 9.47 Å². The van der Waals surface area contributed by atoms with Crippen molar-refractivity contribution in [3.63, 3.8) is 0 Å². The average molecular weight is 475 g/mol. The zero-order valence-electron chi connectivity index (χ0n) is 18.3. The molecule has 0 aliphatic carbocycles. The van der Waals surface area contributed by atoms with Crippen LogP contribution in [0.2, 0.25) is 0 Å². The van der Waals surface area contributed by atoms with E-state index in [9.17, 15) is 13.2 Å². The molecule has 1 atom stereocenters. The molecule has 2 heterocycles. The molecular weight excluding hydrogens is 448 g/mol. The molecule has 1 aliphatic heterocycles. The van der Waals surface area contributed by atoms with E-state index in [0.29, 0.717) is 17.5 Å². The smallest absolute Gasteiger partial charge is 0.244 e. The molecule has 1 saturated heterocycles. The molecule has 0 bridgehead atoms. The van der Waals surface area contributed by atoms with E-state index in [1.54, 1.807) is 12.1 Å². The van der Waals surface area contributed by atoms with E-state index in [1.807, 2.05) is 26.0 Å². The molecule has 1 aromatic heterocycles. The Morgan fingerprint density at radius 3 is 2.66 bits per heavy atom. The van der Waals surface area contributed by atoms with Gasteiger partial charge in [0.25, 0.3) is 0 Å². The normalized spacial score (nSPS) is 16.4. The zero-order chi connectivity index (χ0) is 22.9. The minimum Gasteiger partial charge on any atom is -0.497 e. The van der Waals surface area contributed by atoms with Crippen LogP contribution in [0.15, 0.2) is 41.3 Å². The highest BCUT2D eigenvalue weighted by Crippen LogP contribution is 2.33. The molecule has 1 aliphatic rings. The first-order valence-corrected chi connectivity index (χ1v) is 12.9. The van der Waals surface area contributed by atoms with E-state index in [4.69, 9.17) is 14.5 Å². The number of rotatable bonds is 7. The lowest BCUT2D eigenvalue weighted by atomic mass is 10.1. The minimum absolute atomic E-state index is 0.0829. The minimum atomic E-state index is -3.83. The van der Waals surface area contributed by atoms with Crippen LogP contribution >= 0.6 is 11.3 Å². The molecule has 9 heteroatoms. The number of hydrogen-bond acceptors (Lipinski definition) is 7. The summed E-state index contributed by atoms with van der Waals surface area (Å²) in [6.45, 7) is 4.94. The van der Waals surface area contributed by atoms with Crippen molar-refractivity contribution in [3.05, 3.63) is 47.5 Å². The number of carbonyl (C=O) groups excluding carboxylic acids is 1. The number of amides is 1. The SMILES string of the molecule is COc1ccc(S(=O)(=O)CC(=O)N(CC2CCCO2)c2nc3c(C)cc(C)cc3s2)cc1. The quantitative estimate of drug-likeness (QED) is 0.516. The van der Waals surface area contributed by atoms with Crippen LogP contribution in [0.25, 0.3) is 10.2 Å². The number of anilines is 1. The first-order valence-electron chi connectivity index (χ1n) is 10.4. The fourth-order valence-corrected chi connectivity index (χ4v) is 6.23. The van der Waals surface area contributed by atoms with Gasteiger partial charge in [-0.3, -0.25) is 9.69 Å². The zero-order valence-corrected chi connectivity index (χ0v) is 20.0. The van der Waals surface area contributed by atoms with E-state index in [1.165, 1.54) is 35.5 Å². The maximum Gasteiger partial charge on any atom is 0.244 e. The van der Waals surface area contributed by atoms with Crippen LogP contribution < -0.4 is 9.64 Å². The van der Waals surface area contributed by atoms with Crippen molar-refractivity contribution < 1.29 is 22.7 Å². The lowest BCUT2D eigenvalue weighted by Crippen LogP contribution is -2.40. The van der Waals surface area contributed by atoms with Gasteiger partial charge in [-0.2, -0.15) is 0 Å². The number of fused-ring (bicyclic) bond motifs is 1. The Bertz CT molecular complexity index is 1230. The molecule has 1 amide bonds. The third-order valence-corrected chi connectivity index (χ3v) is 8.14. The number of aryl methyl sites for hydroxylation is 2. The van der Waals surface area contributed by atoms with Gasteiger partial charge in [0, 0.05) is 6.61 Å². The van der Waals surface area contributed by atoms with E-state index in [0.717, 1.165) is 34.2 Å². The average Bonchev–Trinajstić information content (AvgIpc) is 3.41. The van der Waals surface area contributed by atoms with Crippen LogP contribution in [0.3, 0.4) is 0 Å². The molecule has 0 radical (unpaired) electrons. The molecular formula is C23H26N2O5S2. The number of ether oxygens (including phenoxy) is 2. The summed E-state index contributed by atoms with van der Waals surface area (Å²) in [5.74, 6) is -0.597. The molecule has 7 nitrogen and oxygen atoms in total. The maximum absolute atomic E-state index is 13.3. The molecule has 3 aromatic rings. The van der Waals surface area contributed by atoms with Gasteiger partial charge in [0.15, 0.2) is 15.0 Å². The molecule has 4 rings (SSSR count). The Balaban J connectivity index is 1.65. The Morgan fingerprint density at radius 1 is 1.25 bits per heavy atom. The Labute approximate surface area is 191 Å². The second-order valence-electron chi connectivity index (χ2n) is 8.00. The van der Waals surface area contributed by atoms with Crippen molar-refractivity contribution in [1.82, 2.24) is 4.98 Å². The lowest BCUT2D eigenvalue weighted by molar-refractivity contribution is -0.116. The highest BCUT2D eigenvalue weighted by molar-refractivity contribution is 7.92. The van der Waals surface area contributed by atoms with Gasteiger partial charge in [-0.15, -0.1) is 0 Å². The van der Waals surface area contributed by atoms with Crippen LogP contribution in [0, 0.1) is 13.8 Å². The molecule has 0 saturated carbocycles. The molecule has 1 fully saturated rings. The second kappa shape index (κ2) is 9.17. The van der Waals surface area contributed by atoms with E-state index in [2.05, 4.69) is 0 Å². The highest BCUT2D eigenvalue weighted by atomic mass is 32.2. The van der Waals surface area contributed by atoms with Crippen molar-refractivity contribution in [1.29, 1.82) is 0 Å². The van der Waals surface area contributed by atoms with Crippen molar-refractivity contribution in [2.45, 2.75) is 37.7 Å². The molecule has 32 heavy (non-hydrogen) atoms. The maximum atomic E-state index is 13.3. The molecule has 0 N–H and O–H groups in total. The topological polar surface area (TPSA) is 85.8 Å². The summed E-state index contributed by atoms with van der Waals surface area (Å²) in [6.07, 6.45) is 1.63. The highest BCUT2D eigenvalue weighted by Gasteiger charge is 2.30. The Hall–Kier alpha value is -2.49. The predicted octanol–water partition coefficient (Wildman–Crippen LogP) is 3.91. The fourth-order valence-electron chi connectivity index (χ4n) is 3.86. The van der Waals surface area contributed by atoms with Crippen LogP contribution in [0.1, 0.15) is 24.0 Å². The first-order chi connectivity index (χ1) is 15.3. The van der Waals surface area contributed by atoms with E-state index in [-0.39, 0.29) is 17.5 Å². The number of thiazole rings is 1. The summed E-state index contributed by atoms with van der Waals surface area (Å²) in [5.41, 5.74) is 2.97. The van der Waals surface area contributed by atoms with E-state index >= 15 is 0 Å². The lowest BCUT2D eigenvalue weighted by Gasteiger charge is -2.23. The summed E-state index contributed by atoms with van der Waals surface area (Å²) in [7, 11) is -2.32. The number of benzene rings is 2. The fraction of sp³-hybridized carbons (Fsp3) is 0.391. The number of sulfone groups is 1. The number of hydrogen-bond donors (Lipinski definition) is 0. The van der Waals surface area contributed by atoms with Crippen LogP contribution in [0.5, 0.6) is 5.75 Å². The first kappa shape index (κ1) is 22.7. The summed E-state index contributed by atoms with van der Waals surface area (Å²) in [6, 6.07) is 10.1. The van der Waals surface area contributed by atoms with Gasteiger partial charge in [0.2, 0.25) is 5.91 Å². The van der Waals surface area contributed by atoms with Gasteiger partial charge in [0.1, 0.15) is 11.5 Å². The number of nitrogens with zero attached hydrogens (tertiary/aromatic N) is 2. The summed E-state index contributed by atoms with van der Waals surface area (Å²) in [5, 5.41) is 0.499. The second-order valence-corrected chi connectivity index (χ2v) is 11.0.